The van der Waals surface area contributed by atoms with Gasteiger partial charge in [0.2, 0.25) is 11.8 Å². The van der Waals surface area contributed by atoms with Crippen LogP contribution in [0.2, 0.25) is 0 Å². The van der Waals surface area contributed by atoms with Crippen LogP contribution in [0.25, 0.3) is 0 Å². The molecule has 0 aromatic heterocycles. The van der Waals surface area contributed by atoms with Gasteiger partial charge in [0.1, 0.15) is 17.6 Å². The zero-order valence-corrected chi connectivity index (χ0v) is 15.3. The number of hydrogen-bond donors (Lipinski definition) is 2. The molecule has 146 valence electrons. The molecule has 7 nitrogen and oxygen atoms in total. The van der Waals surface area contributed by atoms with Gasteiger partial charge in [-0.1, -0.05) is 6.07 Å². The average molecular weight is 385 g/mol. The van der Waals surface area contributed by atoms with Crippen LogP contribution in [-0.4, -0.2) is 48.9 Å². The van der Waals surface area contributed by atoms with E-state index in [1.165, 1.54) is 36.3 Å². The third kappa shape index (κ3) is 4.46. The molecule has 1 fully saturated rings. The Labute approximate surface area is 161 Å². The molecular weight excluding hydrogens is 365 g/mol. The molecule has 1 aliphatic rings. The molecule has 2 aromatic rings. The van der Waals surface area contributed by atoms with Gasteiger partial charge in [0.15, 0.2) is 0 Å². The van der Waals surface area contributed by atoms with E-state index in [4.69, 9.17) is 4.74 Å². The van der Waals surface area contributed by atoms with Crippen LogP contribution in [0.15, 0.2) is 48.5 Å². The summed E-state index contributed by atoms with van der Waals surface area (Å²) in [7, 11) is 1.52. The Morgan fingerprint density at radius 2 is 2.00 bits per heavy atom. The number of nitrogens with one attached hydrogen (secondary N) is 2. The van der Waals surface area contributed by atoms with E-state index in [1.807, 2.05) is 0 Å². The molecule has 3 amide bonds. The van der Waals surface area contributed by atoms with Gasteiger partial charge in [-0.05, 0) is 36.4 Å². The van der Waals surface area contributed by atoms with Crippen LogP contribution in [0.3, 0.4) is 0 Å². The van der Waals surface area contributed by atoms with Crippen molar-refractivity contribution in [3.63, 3.8) is 0 Å². The van der Waals surface area contributed by atoms with Gasteiger partial charge in [0, 0.05) is 30.4 Å². The maximum absolute atomic E-state index is 13.1. The standard InChI is InChI=1S/C20H20FN3O4/c1-28-16-4-2-3-15(11-16)23-18(25)12-17-19(26)22-9-10-24(17)20(27)13-5-7-14(21)8-6-13/h2-8,11,17H,9-10,12H2,1H3,(H,22,26)(H,23,25)/t17-/m0/s1. The number of amides is 3. The van der Waals surface area contributed by atoms with Gasteiger partial charge in [-0.3, -0.25) is 14.4 Å². The molecule has 2 N–H and O–H groups in total. The number of ether oxygens (including phenoxy) is 1. The van der Waals surface area contributed by atoms with E-state index in [9.17, 15) is 18.8 Å². The Balaban J connectivity index is 1.73. The molecule has 0 spiro atoms. The number of anilines is 1. The highest BCUT2D eigenvalue weighted by Crippen LogP contribution is 2.19. The number of halogens is 1. The molecule has 0 radical (unpaired) electrons. The van der Waals surface area contributed by atoms with Crippen molar-refractivity contribution in [2.24, 2.45) is 0 Å². The lowest BCUT2D eigenvalue weighted by molar-refractivity contribution is -0.131. The molecule has 0 unspecified atom stereocenters. The fourth-order valence-electron chi connectivity index (χ4n) is 3.01. The molecule has 2 aromatic carbocycles. The number of rotatable bonds is 5. The van der Waals surface area contributed by atoms with E-state index in [1.54, 1.807) is 24.3 Å². The highest BCUT2D eigenvalue weighted by atomic mass is 19.1. The van der Waals surface area contributed by atoms with Crippen molar-refractivity contribution in [3.8, 4) is 5.75 Å². The van der Waals surface area contributed by atoms with Crippen molar-refractivity contribution >= 4 is 23.4 Å². The summed E-state index contributed by atoms with van der Waals surface area (Å²) in [6.07, 6.45) is -0.198. The van der Waals surface area contributed by atoms with Gasteiger partial charge >= 0.3 is 0 Å². The quantitative estimate of drug-likeness (QED) is 0.822. The van der Waals surface area contributed by atoms with Crippen molar-refractivity contribution < 1.29 is 23.5 Å². The Bertz CT molecular complexity index is 885. The Morgan fingerprint density at radius 3 is 2.71 bits per heavy atom. The molecule has 0 bridgehead atoms. The number of methoxy groups -OCH3 is 1. The molecule has 1 aliphatic heterocycles. The van der Waals surface area contributed by atoms with E-state index >= 15 is 0 Å². The molecule has 0 saturated carbocycles. The van der Waals surface area contributed by atoms with Crippen LogP contribution in [0.1, 0.15) is 16.8 Å². The lowest BCUT2D eigenvalue weighted by Gasteiger charge is -2.34. The summed E-state index contributed by atoms with van der Waals surface area (Å²) < 4.78 is 18.2. The van der Waals surface area contributed by atoms with Gasteiger partial charge < -0.3 is 20.3 Å². The van der Waals surface area contributed by atoms with Crippen molar-refractivity contribution in [1.82, 2.24) is 10.2 Å². The van der Waals surface area contributed by atoms with E-state index < -0.39 is 29.6 Å². The van der Waals surface area contributed by atoms with E-state index in [-0.39, 0.29) is 18.5 Å². The molecule has 8 heteroatoms. The normalized spacial score (nSPS) is 16.3. The number of benzene rings is 2. The maximum Gasteiger partial charge on any atom is 0.254 e. The number of hydrogen-bond acceptors (Lipinski definition) is 4. The fraction of sp³-hybridized carbons (Fsp3) is 0.250. The minimum atomic E-state index is -0.947. The minimum absolute atomic E-state index is 0.198. The van der Waals surface area contributed by atoms with E-state index in [0.717, 1.165) is 0 Å². The zero-order valence-electron chi connectivity index (χ0n) is 15.3. The average Bonchev–Trinajstić information content (AvgIpc) is 2.69. The minimum Gasteiger partial charge on any atom is -0.497 e. The number of carbonyl (C=O) groups excluding carboxylic acids is 3. The molecule has 0 aliphatic carbocycles. The Morgan fingerprint density at radius 1 is 1.25 bits per heavy atom. The van der Waals surface area contributed by atoms with Crippen LogP contribution in [0, 0.1) is 5.82 Å². The number of carbonyl (C=O) groups is 3. The van der Waals surface area contributed by atoms with Crippen LogP contribution in [-0.2, 0) is 9.59 Å². The van der Waals surface area contributed by atoms with E-state index in [2.05, 4.69) is 10.6 Å². The van der Waals surface area contributed by atoms with Gasteiger partial charge in [0.05, 0.1) is 13.5 Å². The molecule has 28 heavy (non-hydrogen) atoms. The van der Waals surface area contributed by atoms with Crippen molar-refractivity contribution in [3.05, 3.63) is 59.9 Å². The monoisotopic (exact) mass is 385 g/mol. The summed E-state index contributed by atoms with van der Waals surface area (Å²) in [5.41, 5.74) is 0.784. The smallest absolute Gasteiger partial charge is 0.254 e. The largest absolute Gasteiger partial charge is 0.497 e. The van der Waals surface area contributed by atoms with Crippen molar-refractivity contribution in [2.45, 2.75) is 12.5 Å². The maximum atomic E-state index is 13.1. The van der Waals surface area contributed by atoms with Crippen LogP contribution in [0.4, 0.5) is 10.1 Å². The fourth-order valence-corrected chi connectivity index (χ4v) is 3.01. The van der Waals surface area contributed by atoms with Crippen LogP contribution in [0.5, 0.6) is 5.75 Å². The number of piperazine rings is 1. The summed E-state index contributed by atoms with van der Waals surface area (Å²) in [6, 6.07) is 11.0. The third-order valence-corrected chi connectivity index (χ3v) is 4.42. The summed E-state index contributed by atoms with van der Waals surface area (Å²) in [5.74, 6) is -1.10. The van der Waals surface area contributed by atoms with Gasteiger partial charge in [0.25, 0.3) is 5.91 Å². The zero-order chi connectivity index (χ0) is 20.1. The molecular formula is C20H20FN3O4. The first-order valence-electron chi connectivity index (χ1n) is 8.76. The van der Waals surface area contributed by atoms with E-state index in [0.29, 0.717) is 18.0 Å². The first-order chi connectivity index (χ1) is 13.5. The lowest BCUT2D eigenvalue weighted by Crippen LogP contribution is -2.58. The highest BCUT2D eigenvalue weighted by molar-refractivity contribution is 6.01. The first kappa shape index (κ1) is 19.3. The Hall–Kier alpha value is -3.42. The topological polar surface area (TPSA) is 87.7 Å². The van der Waals surface area contributed by atoms with Crippen LogP contribution < -0.4 is 15.4 Å². The molecule has 1 saturated heterocycles. The summed E-state index contributed by atoms with van der Waals surface area (Å²) >= 11 is 0. The summed E-state index contributed by atoms with van der Waals surface area (Å²) in [4.78, 5) is 38.9. The third-order valence-electron chi connectivity index (χ3n) is 4.42. The summed E-state index contributed by atoms with van der Waals surface area (Å²) in [5, 5.41) is 5.38. The molecule has 3 rings (SSSR count). The van der Waals surface area contributed by atoms with Crippen molar-refractivity contribution in [2.75, 3.05) is 25.5 Å². The first-order valence-corrected chi connectivity index (χ1v) is 8.76. The predicted octanol–water partition coefficient (Wildman–Crippen LogP) is 1.80. The predicted molar refractivity (Wildman–Crippen MR) is 100 cm³/mol. The van der Waals surface area contributed by atoms with Crippen molar-refractivity contribution in [1.29, 1.82) is 0 Å². The molecule has 1 atom stereocenters. The van der Waals surface area contributed by atoms with Crippen LogP contribution >= 0.6 is 0 Å². The second-order valence-electron chi connectivity index (χ2n) is 6.30. The number of nitrogens with zero attached hydrogens (tertiary/aromatic N) is 1. The SMILES string of the molecule is COc1cccc(NC(=O)C[C@H]2C(=O)NCCN2C(=O)c2ccc(F)cc2)c1. The summed E-state index contributed by atoms with van der Waals surface area (Å²) in [6.45, 7) is 0.554. The van der Waals surface area contributed by atoms with Gasteiger partial charge in [-0.15, -0.1) is 0 Å². The van der Waals surface area contributed by atoms with Gasteiger partial charge in [-0.2, -0.15) is 0 Å². The second-order valence-corrected chi connectivity index (χ2v) is 6.30. The lowest BCUT2D eigenvalue weighted by atomic mass is 10.1. The highest BCUT2D eigenvalue weighted by Gasteiger charge is 2.35. The second kappa shape index (κ2) is 8.51. The van der Waals surface area contributed by atoms with Gasteiger partial charge in [-0.25, -0.2) is 4.39 Å². The molecule has 1 heterocycles. The Kier molecular flexibility index (Phi) is 5.88.